The van der Waals surface area contributed by atoms with Gasteiger partial charge in [-0.25, -0.2) is 0 Å². The van der Waals surface area contributed by atoms with Crippen LogP contribution in [0.25, 0.3) is 0 Å². The number of rotatable bonds is 8. The highest BCUT2D eigenvalue weighted by Gasteiger charge is 2.14. The van der Waals surface area contributed by atoms with E-state index in [4.69, 9.17) is 4.74 Å². The molecule has 21 heavy (non-hydrogen) atoms. The quantitative estimate of drug-likeness (QED) is 0.692. The molecular weight excluding hydrogens is 258 g/mol. The van der Waals surface area contributed by atoms with Crippen molar-refractivity contribution in [3.63, 3.8) is 0 Å². The lowest BCUT2D eigenvalue weighted by Crippen LogP contribution is -2.26. The largest absolute Gasteiger partial charge is 0.493 e. The monoisotopic (exact) mass is 291 g/mol. The van der Waals surface area contributed by atoms with Crippen molar-refractivity contribution in [3.8, 4) is 5.75 Å². The van der Waals surface area contributed by atoms with Crippen LogP contribution in [0.4, 0.5) is 0 Å². The van der Waals surface area contributed by atoms with Gasteiger partial charge in [0.2, 0.25) is 0 Å². The van der Waals surface area contributed by atoms with Crippen molar-refractivity contribution in [2.24, 2.45) is 0 Å². The molecule has 0 fully saturated rings. The van der Waals surface area contributed by atoms with E-state index in [-0.39, 0.29) is 5.41 Å². The fraction of sp³-hybridized carbons (Fsp3) is 0.684. The van der Waals surface area contributed by atoms with Gasteiger partial charge in [-0.3, -0.25) is 0 Å². The van der Waals surface area contributed by atoms with Gasteiger partial charge in [-0.2, -0.15) is 0 Å². The van der Waals surface area contributed by atoms with Crippen molar-refractivity contribution in [1.29, 1.82) is 0 Å². The van der Waals surface area contributed by atoms with Crippen molar-refractivity contribution in [2.75, 3.05) is 13.2 Å². The Morgan fingerprint density at radius 3 is 2.48 bits per heavy atom. The average Bonchev–Trinajstić information content (AvgIpc) is 2.42. The van der Waals surface area contributed by atoms with Crippen LogP contribution in [0, 0.1) is 6.92 Å². The first-order chi connectivity index (χ1) is 9.84. The number of ether oxygens (including phenoxy) is 1. The van der Waals surface area contributed by atoms with Gasteiger partial charge in [0.05, 0.1) is 6.61 Å². The SMILES string of the molecule is CC[C@H](C)NCCCCOc1ccc(C(C)(C)C)cc1C. The van der Waals surface area contributed by atoms with Gasteiger partial charge in [0.1, 0.15) is 5.75 Å². The molecule has 1 aromatic rings. The third-order valence-electron chi connectivity index (χ3n) is 3.97. The first-order valence-corrected chi connectivity index (χ1v) is 8.32. The maximum atomic E-state index is 5.91. The molecule has 0 spiro atoms. The van der Waals surface area contributed by atoms with Crippen LogP contribution in [-0.2, 0) is 5.41 Å². The summed E-state index contributed by atoms with van der Waals surface area (Å²) in [4.78, 5) is 0. The van der Waals surface area contributed by atoms with Crippen molar-refractivity contribution in [1.82, 2.24) is 5.32 Å². The van der Waals surface area contributed by atoms with Crippen LogP contribution in [0.15, 0.2) is 18.2 Å². The van der Waals surface area contributed by atoms with Gasteiger partial charge in [0, 0.05) is 6.04 Å². The molecular formula is C19H33NO. The third-order valence-corrected chi connectivity index (χ3v) is 3.97. The summed E-state index contributed by atoms with van der Waals surface area (Å²) in [7, 11) is 0. The van der Waals surface area contributed by atoms with E-state index in [0.29, 0.717) is 6.04 Å². The zero-order valence-electron chi connectivity index (χ0n) is 14.8. The molecule has 1 aromatic carbocycles. The highest BCUT2D eigenvalue weighted by molar-refractivity contribution is 5.38. The highest BCUT2D eigenvalue weighted by Crippen LogP contribution is 2.27. The molecule has 0 bridgehead atoms. The van der Waals surface area contributed by atoms with Gasteiger partial charge in [0.15, 0.2) is 0 Å². The van der Waals surface area contributed by atoms with E-state index in [2.05, 4.69) is 65.1 Å². The zero-order valence-corrected chi connectivity index (χ0v) is 14.8. The molecule has 0 aliphatic carbocycles. The van der Waals surface area contributed by atoms with Crippen molar-refractivity contribution >= 4 is 0 Å². The van der Waals surface area contributed by atoms with Gasteiger partial charge in [-0.15, -0.1) is 0 Å². The minimum atomic E-state index is 0.199. The Bertz CT molecular complexity index is 420. The molecule has 2 heteroatoms. The number of nitrogens with one attached hydrogen (secondary N) is 1. The minimum absolute atomic E-state index is 0.199. The van der Waals surface area contributed by atoms with Gasteiger partial charge >= 0.3 is 0 Å². The summed E-state index contributed by atoms with van der Waals surface area (Å²) in [6, 6.07) is 7.18. The Labute approximate surface area is 131 Å². The molecule has 1 rings (SSSR count). The number of aryl methyl sites for hydroxylation is 1. The predicted octanol–water partition coefficient (Wildman–Crippen LogP) is 4.84. The van der Waals surface area contributed by atoms with E-state index in [0.717, 1.165) is 25.3 Å². The maximum absolute atomic E-state index is 5.91. The number of hydrogen-bond donors (Lipinski definition) is 1. The van der Waals surface area contributed by atoms with Crippen LogP contribution in [-0.4, -0.2) is 19.2 Å². The summed E-state index contributed by atoms with van der Waals surface area (Å²) in [6.07, 6.45) is 3.46. The second-order valence-electron chi connectivity index (χ2n) is 7.05. The van der Waals surface area contributed by atoms with Crippen LogP contribution in [0.3, 0.4) is 0 Å². The lowest BCUT2D eigenvalue weighted by Gasteiger charge is -2.20. The molecule has 0 aromatic heterocycles. The topological polar surface area (TPSA) is 21.3 Å². The summed E-state index contributed by atoms with van der Waals surface area (Å²) >= 11 is 0. The second-order valence-corrected chi connectivity index (χ2v) is 7.05. The van der Waals surface area contributed by atoms with Gasteiger partial charge < -0.3 is 10.1 Å². The lowest BCUT2D eigenvalue weighted by atomic mass is 9.86. The molecule has 0 radical (unpaired) electrons. The summed E-state index contributed by atoms with van der Waals surface area (Å²) in [5.41, 5.74) is 2.80. The van der Waals surface area contributed by atoms with E-state index < -0.39 is 0 Å². The number of hydrogen-bond acceptors (Lipinski definition) is 2. The first-order valence-electron chi connectivity index (χ1n) is 8.32. The first kappa shape index (κ1) is 18.0. The Kier molecular flexibility index (Phi) is 7.24. The van der Waals surface area contributed by atoms with Crippen molar-refractivity contribution in [2.45, 2.75) is 72.3 Å². The van der Waals surface area contributed by atoms with E-state index >= 15 is 0 Å². The van der Waals surface area contributed by atoms with E-state index in [1.165, 1.54) is 24.0 Å². The Balaban J connectivity index is 2.33. The smallest absolute Gasteiger partial charge is 0.122 e. The van der Waals surface area contributed by atoms with Crippen LogP contribution in [0.5, 0.6) is 5.75 Å². The Morgan fingerprint density at radius 2 is 1.90 bits per heavy atom. The van der Waals surface area contributed by atoms with Crippen LogP contribution < -0.4 is 10.1 Å². The standard InChI is InChI=1S/C19H33NO/c1-7-16(3)20-12-8-9-13-21-18-11-10-17(14-15(18)2)19(4,5)6/h10-11,14,16,20H,7-9,12-13H2,1-6H3/t16-/m0/s1. The Morgan fingerprint density at radius 1 is 1.19 bits per heavy atom. The van der Waals surface area contributed by atoms with Crippen molar-refractivity contribution < 1.29 is 4.74 Å². The van der Waals surface area contributed by atoms with Gasteiger partial charge in [0.25, 0.3) is 0 Å². The molecule has 0 amide bonds. The molecule has 1 atom stereocenters. The highest BCUT2D eigenvalue weighted by atomic mass is 16.5. The molecule has 0 aliphatic rings. The fourth-order valence-corrected chi connectivity index (χ4v) is 2.18. The van der Waals surface area contributed by atoms with Crippen LogP contribution in [0.2, 0.25) is 0 Å². The number of benzene rings is 1. The van der Waals surface area contributed by atoms with E-state index in [9.17, 15) is 0 Å². The fourth-order valence-electron chi connectivity index (χ4n) is 2.18. The van der Waals surface area contributed by atoms with Crippen LogP contribution in [0.1, 0.15) is 65.0 Å². The molecule has 0 saturated heterocycles. The van der Waals surface area contributed by atoms with Crippen LogP contribution >= 0.6 is 0 Å². The molecule has 0 saturated carbocycles. The molecule has 2 nitrogen and oxygen atoms in total. The van der Waals surface area contributed by atoms with E-state index in [1.54, 1.807) is 0 Å². The minimum Gasteiger partial charge on any atom is -0.493 e. The average molecular weight is 291 g/mol. The molecule has 0 heterocycles. The zero-order chi connectivity index (χ0) is 15.9. The number of unbranched alkanes of at least 4 members (excludes halogenated alkanes) is 1. The molecule has 0 aliphatic heterocycles. The molecule has 1 N–H and O–H groups in total. The predicted molar refractivity (Wildman–Crippen MR) is 92.4 cm³/mol. The molecule has 120 valence electrons. The van der Waals surface area contributed by atoms with Crippen molar-refractivity contribution in [3.05, 3.63) is 29.3 Å². The molecule has 0 unspecified atom stereocenters. The van der Waals surface area contributed by atoms with Gasteiger partial charge in [-0.05, 0) is 62.3 Å². The second kappa shape index (κ2) is 8.43. The van der Waals surface area contributed by atoms with E-state index in [1.807, 2.05) is 0 Å². The summed E-state index contributed by atoms with van der Waals surface area (Å²) in [5.74, 6) is 1.03. The van der Waals surface area contributed by atoms with Gasteiger partial charge in [-0.1, -0.05) is 39.8 Å². The normalized spacial score (nSPS) is 13.2. The Hall–Kier alpha value is -1.02. The summed E-state index contributed by atoms with van der Waals surface area (Å²) in [6.45, 7) is 15.2. The summed E-state index contributed by atoms with van der Waals surface area (Å²) < 4.78 is 5.91. The lowest BCUT2D eigenvalue weighted by molar-refractivity contribution is 0.302. The maximum Gasteiger partial charge on any atom is 0.122 e. The third kappa shape index (κ3) is 6.52. The summed E-state index contributed by atoms with van der Waals surface area (Å²) in [5, 5.41) is 3.51.